The first-order chi connectivity index (χ1) is 11.4. The third kappa shape index (κ3) is 4.97. The molecule has 128 valence electrons. The first-order valence-corrected chi connectivity index (χ1v) is 8.58. The lowest BCUT2D eigenvalue weighted by atomic mass is 10.2. The van der Waals surface area contributed by atoms with Crippen LogP contribution in [-0.4, -0.2) is 32.3 Å². The van der Waals surface area contributed by atoms with E-state index < -0.39 is 0 Å². The molecule has 1 heterocycles. The van der Waals surface area contributed by atoms with Crippen molar-refractivity contribution >= 4 is 40.9 Å². The van der Waals surface area contributed by atoms with E-state index in [4.69, 9.17) is 17.3 Å². The number of primary amides is 1. The molecular weight excluding hydrogens is 350 g/mol. The number of halogens is 1. The number of nitrogens with zero attached hydrogens (tertiary/aromatic N) is 3. The monoisotopic (exact) mass is 367 g/mol. The summed E-state index contributed by atoms with van der Waals surface area (Å²) in [6, 6.07) is 5.44. The second kappa shape index (κ2) is 8.16. The molecule has 0 fully saturated rings. The Morgan fingerprint density at radius 2 is 2.12 bits per heavy atom. The highest BCUT2D eigenvalue weighted by Crippen LogP contribution is 2.23. The minimum absolute atomic E-state index is 0.173. The molecule has 0 atom stereocenters. The normalized spacial score (nSPS) is 10.6. The summed E-state index contributed by atoms with van der Waals surface area (Å²) in [4.78, 5) is 22.9. The van der Waals surface area contributed by atoms with Crippen LogP contribution in [0.1, 0.15) is 17.8 Å². The third-order valence-corrected chi connectivity index (χ3v) is 4.58. The number of anilines is 1. The number of aromatic nitrogens is 3. The fourth-order valence-corrected chi connectivity index (χ4v) is 2.97. The lowest BCUT2D eigenvalue weighted by Gasteiger charge is -2.08. The van der Waals surface area contributed by atoms with Crippen molar-refractivity contribution in [3.05, 3.63) is 34.6 Å². The lowest BCUT2D eigenvalue weighted by Crippen LogP contribution is -2.15. The van der Waals surface area contributed by atoms with Crippen molar-refractivity contribution in [3.8, 4) is 0 Å². The fourth-order valence-electron chi connectivity index (χ4n) is 1.96. The van der Waals surface area contributed by atoms with Crippen LogP contribution >= 0.6 is 23.4 Å². The Hall–Kier alpha value is -2.06. The maximum atomic E-state index is 12.0. The highest BCUT2D eigenvalue weighted by Gasteiger charge is 2.13. The smallest absolute Gasteiger partial charge is 0.234 e. The quantitative estimate of drug-likeness (QED) is 0.728. The molecule has 3 N–H and O–H groups in total. The molecule has 0 aliphatic carbocycles. The molecule has 24 heavy (non-hydrogen) atoms. The van der Waals surface area contributed by atoms with Gasteiger partial charge in [0.1, 0.15) is 5.82 Å². The summed E-state index contributed by atoms with van der Waals surface area (Å²) in [7, 11) is 1.79. The average molecular weight is 368 g/mol. The molecule has 0 spiro atoms. The zero-order chi connectivity index (χ0) is 17.7. The van der Waals surface area contributed by atoms with Crippen LogP contribution in [0.3, 0.4) is 0 Å². The van der Waals surface area contributed by atoms with Crippen molar-refractivity contribution < 1.29 is 9.59 Å². The number of hydrogen-bond acceptors (Lipinski definition) is 5. The highest BCUT2D eigenvalue weighted by atomic mass is 35.5. The van der Waals surface area contributed by atoms with Crippen LogP contribution < -0.4 is 11.1 Å². The molecule has 1 aromatic heterocycles. The largest absolute Gasteiger partial charge is 0.370 e. The zero-order valence-corrected chi connectivity index (χ0v) is 14.9. The van der Waals surface area contributed by atoms with Crippen LogP contribution in [0.4, 0.5) is 5.69 Å². The van der Waals surface area contributed by atoms with Crippen LogP contribution in [0, 0.1) is 6.92 Å². The van der Waals surface area contributed by atoms with Crippen molar-refractivity contribution in [3.63, 3.8) is 0 Å². The van der Waals surface area contributed by atoms with E-state index in [-0.39, 0.29) is 24.0 Å². The first-order valence-electron chi connectivity index (χ1n) is 7.22. The number of amides is 2. The van der Waals surface area contributed by atoms with E-state index in [2.05, 4.69) is 15.5 Å². The summed E-state index contributed by atoms with van der Waals surface area (Å²) in [6.45, 7) is 1.93. The molecule has 2 rings (SSSR count). The van der Waals surface area contributed by atoms with Crippen molar-refractivity contribution in [2.45, 2.75) is 24.9 Å². The molecule has 9 heteroatoms. The van der Waals surface area contributed by atoms with Gasteiger partial charge in [-0.1, -0.05) is 29.4 Å². The predicted molar refractivity (Wildman–Crippen MR) is 94.1 cm³/mol. The molecule has 1 aromatic carbocycles. The van der Waals surface area contributed by atoms with Gasteiger partial charge in [0.05, 0.1) is 16.5 Å². The molecule has 0 aliphatic heterocycles. The third-order valence-electron chi connectivity index (χ3n) is 3.25. The van der Waals surface area contributed by atoms with E-state index >= 15 is 0 Å². The van der Waals surface area contributed by atoms with E-state index in [0.717, 1.165) is 5.56 Å². The standard InChI is InChI=1S/C15H18ClN5O2S/c1-9-3-4-11(10(16)7-9)18-14(23)8-24-15-20-19-13(21(15)2)6-5-12(17)22/h3-4,7H,5-6,8H2,1-2H3,(H2,17,22)(H,18,23). The van der Waals surface area contributed by atoms with Gasteiger partial charge in [-0.25, -0.2) is 0 Å². The number of carbonyl (C=O) groups is 2. The van der Waals surface area contributed by atoms with Crippen molar-refractivity contribution in [2.75, 3.05) is 11.1 Å². The summed E-state index contributed by atoms with van der Waals surface area (Å²) < 4.78 is 1.75. The molecule has 0 unspecified atom stereocenters. The van der Waals surface area contributed by atoms with Gasteiger partial charge in [-0.05, 0) is 24.6 Å². The molecule has 0 saturated heterocycles. The van der Waals surface area contributed by atoms with Gasteiger partial charge in [0.2, 0.25) is 11.8 Å². The highest BCUT2D eigenvalue weighted by molar-refractivity contribution is 7.99. The van der Waals surface area contributed by atoms with Gasteiger partial charge in [-0.15, -0.1) is 10.2 Å². The molecule has 2 aromatic rings. The Morgan fingerprint density at radius 1 is 1.38 bits per heavy atom. The van der Waals surface area contributed by atoms with Gasteiger partial charge >= 0.3 is 0 Å². The molecule has 0 bridgehead atoms. The van der Waals surface area contributed by atoms with E-state index in [1.165, 1.54) is 11.8 Å². The fraction of sp³-hybridized carbons (Fsp3) is 0.333. The number of rotatable bonds is 7. The predicted octanol–water partition coefficient (Wildman–Crippen LogP) is 1.93. The van der Waals surface area contributed by atoms with Crippen LogP contribution in [0.5, 0.6) is 0 Å². The van der Waals surface area contributed by atoms with Crippen LogP contribution in [-0.2, 0) is 23.1 Å². The Bertz CT molecular complexity index is 762. The van der Waals surface area contributed by atoms with Crippen LogP contribution in [0.2, 0.25) is 5.02 Å². The Kier molecular flexibility index (Phi) is 6.22. The number of thioether (sulfide) groups is 1. The Balaban J connectivity index is 1.91. The summed E-state index contributed by atoms with van der Waals surface area (Å²) in [5, 5.41) is 11.9. The molecule has 0 radical (unpaired) electrons. The SMILES string of the molecule is Cc1ccc(NC(=O)CSc2nnc(CCC(N)=O)n2C)c(Cl)c1. The van der Waals surface area contributed by atoms with Crippen LogP contribution in [0.15, 0.2) is 23.4 Å². The molecule has 0 saturated carbocycles. The number of hydrogen-bond donors (Lipinski definition) is 2. The Morgan fingerprint density at radius 3 is 2.79 bits per heavy atom. The Labute approximate surface area is 149 Å². The number of carbonyl (C=O) groups excluding carboxylic acids is 2. The average Bonchev–Trinajstić information content (AvgIpc) is 2.86. The van der Waals surface area contributed by atoms with Gasteiger partial charge < -0.3 is 15.6 Å². The van der Waals surface area contributed by atoms with Crippen LogP contribution in [0.25, 0.3) is 0 Å². The first kappa shape index (κ1) is 18.3. The maximum absolute atomic E-state index is 12.0. The van der Waals surface area contributed by atoms with Crippen molar-refractivity contribution in [2.24, 2.45) is 12.8 Å². The minimum atomic E-state index is -0.387. The van der Waals surface area contributed by atoms with Gasteiger partial charge in [0, 0.05) is 19.9 Å². The minimum Gasteiger partial charge on any atom is -0.370 e. The summed E-state index contributed by atoms with van der Waals surface area (Å²) in [5.41, 5.74) is 6.72. The van der Waals surface area contributed by atoms with E-state index in [9.17, 15) is 9.59 Å². The number of benzene rings is 1. The number of aryl methyl sites for hydroxylation is 2. The second-order valence-electron chi connectivity index (χ2n) is 5.24. The molecule has 2 amide bonds. The summed E-state index contributed by atoms with van der Waals surface area (Å²) >= 11 is 7.35. The van der Waals surface area contributed by atoms with E-state index in [1.54, 1.807) is 23.7 Å². The maximum Gasteiger partial charge on any atom is 0.234 e. The van der Waals surface area contributed by atoms with Crippen molar-refractivity contribution in [1.29, 1.82) is 0 Å². The van der Waals surface area contributed by atoms with Gasteiger partial charge in [-0.2, -0.15) is 0 Å². The van der Waals surface area contributed by atoms with E-state index in [1.807, 2.05) is 13.0 Å². The molecular formula is C15H18ClN5O2S. The number of nitrogens with one attached hydrogen (secondary N) is 1. The summed E-state index contributed by atoms with van der Waals surface area (Å²) in [5.74, 6) is 0.249. The van der Waals surface area contributed by atoms with Gasteiger partial charge in [0.25, 0.3) is 0 Å². The topological polar surface area (TPSA) is 103 Å². The second-order valence-corrected chi connectivity index (χ2v) is 6.59. The van der Waals surface area contributed by atoms with Gasteiger partial charge in [-0.3, -0.25) is 9.59 Å². The van der Waals surface area contributed by atoms with E-state index in [0.29, 0.717) is 28.1 Å². The van der Waals surface area contributed by atoms with Crippen molar-refractivity contribution in [1.82, 2.24) is 14.8 Å². The number of nitrogens with two attached hydrogens (primary N) is 1. The lowest BCUT2D eigenvalue weighted by molar-refractivity contribution is -0.118. The van der Waals surface area contributed by atoms with Gasteiger partial charge in [0.15, 0.2) is 5.16 Å². The summed E-state index contributed by atoms with van der Waals surface area (Å²) in [6.07, 6.45) is 0.633. The zero-order valence-electron chi connectivity index (χ0n) is 13.4. The molecule has 7 nitrogen and oxygen atoms in total. The molecule has 0 aliphatic rings.